The van der Waals surface area contributed by atoms with Gasteiger partial charge in [0.05, 0.1) is 23.6 Å². The van der Waals surface area contributed by atoms with Gasteiger partial charge in [-0.2, -0.15) is 0 Å². The van der Waals surface area contributed by atoms with Gasteiger partial charge < -0.3 is 5.32 Å². The number of carbonyl (C=O) groups is 1. The van der Waals surface area contributed by atoms with Gasteiger partial charge >= 0.3 is 0 Å². The van der Waals surface area contributed by atoms with E-state index in [1.54, 1.807) is 12.4 Å². The second kappa shape index (κ2) is 6.22. The van der Waals surface area contributed by atoms with Crippen molar-refractivity contribution in [2.75, 3.05) is 5.32 Å². The van der Waals surface area contributed by atoms with E-state index in [-0.39, 0.29) is 5.91 Å². The first-order chi connectivity index (χ1) is 11.8. The number of amides is 1. The molecule has 0 aliphatic heterocycles. The number of hydrogen-bond acceptors (Lipinski definition) is 4. The Morgan fingerprint density at radius 1 is 0.917 bits per heavy atom. The van der Waals surface area contributed by atoms with Crippen molar-refractivity contribution in [2.24, 2.45) is 0 Å². The Labute approximate surface area is 142 Å². The maximum Gasteiger partial charge on any atom is 0.267 e. The maximum absolute atomic E-state index is 12.4. The molecule has 0 spiro atoms. The molecule has 0 unspecified atom stereocenters. The molecule has 0 fully saturated rings. The summed E-state index contributed by atoms with van der Waals surface area (Å²) in [7, 11) is 0. The summed E-state index contributed by atoms with van der Waals surface area (Å²) in [6.07, 6.45) is 3.27. The first-order valence-corrected chi connectivity index (χ1v) is 8.29. The molecule has 24 heavy (non-hydrogen) atoms. The Morgan fingerprint density at radius 3 is 2.58 bits per heavy atom. The predicted molar refractivity (Wildman–Crippen MR) is 97.2 cm³/mol. The highest BCUT2D eigenvalue weighted by Crippen LogP contribution is 2.25. The SMILES string of the molecule is O=C(Nc1cnc2ccccc2c1)c1cnc(-c2ccccc2)s1. The summed E-state index contributed by atoms with van der Waals surface area (Å²) < 4.78 is 0. The fourth-order valence-corrected chi connectivity index (χ4v) is 3.24. The largest absolute Gasteiger partial charge is 0.320 e. The standard InChI is InChI=1S/C19H13N3OS/c23-18(17-12-21-19(24-17)13-6-2-1-3-7-13)22-15-10-14-8-4-5-9-16(14)20-11-15/h1-12H,(H,22,23). The highest BCUT2D eigenvalue weighted by molar-refractivity contribution is 7.17. The van der Waals surface area contributed by atoms with Gasteiger partial charge in [0.25, 0.3) is 5.91 Å². The van der Waals surface area contributed by atoms with Gasteiger partial charge in [-0.1, -0.05) is 48.5 Å². The minimum Gasteiger partial charge on any atom is -0.320 e. The van der Waals surface area contributed by atoms with Crippen LogP contribution in [-0.4, -0.2) is 15.9 Å². The Hall–Kier alpha value is -3.05. The van der Waals surface area contributed by atoms with Crippen LogP contribution in [0, 0.1) is 0 Å². The fourth-order valence-electron chi connectivity index (χ4n) is 2.43. The average Bonchev–Trinajstić information content (AvgIpc) is 3.13. The van der Waals surface area contributed by atoms with Crippen molar-refractivity contribution < 1.29 is 4.79 Å². The number of fused-ring (bicyclic) bond motifs is 1. The smallest absolute Gasteiger partial charge is 0.267 e. The molecule has 1 amide bonds. The molecule has 0 aliphatic rings. The van der Waals surface area contributed by atoms with Crippen molar-refractivity contribution >= 4 is 33.8 Å². The molecular weight excluding hydrogens is 318 g/mol. The van der Waals surface area contributed by atoms with Crippen LogP contribution in [0.4, 0.5) is 5.69 Å². The normalized spacial score (nSPS) is 10.7. The minimum atomic E-state index is -0.174. The van der Waals surface area contributed by atoms with Crippen LogP contribution in [0.1, 0.15) is 9.67 Å². The number of hydrogen-bond donors (Lipinski definition) is 1. The molecule has 4 rings (SSSR count). The molecule has 0 saturated carbocycles. The summed E-state index contributed by atoms with van der Waals surface area (Å²) in [6.45, 7) is 0. The van der Waals surface area contributed by atoms with E-state index in [2.05, 4.69) is 15.3 Å². The number of benzene rings is 2. The van der Waals surface area contributed by atoms with Crippen LogP contribution in [-0.2, 0) is 0 Å². The lowest BCUT2D eigenvalue weighted by atomic mass is 10.2. The monoisotopic (exact) mass is 331 g/mol. The van der Waals surface area contributed by atoms with Gasteiger partial charge in [0.2, 0.25) is 0 Å². The van der Waals surface area contributed by atoms with E-state index in [0.29, 0.717) is 10.6 Å². The molecule has 116 valence electrons. The zero-order valence-electron chi connectivity index (χ0n) is 12.6. The molecule has 0 atom stereocenters. The van der Waals surface area contributed by atoms with Gasteiger partial charge in [-0.25, -0.2) is 4.98 Å². The number of nitrogens with zero attached hydrogens (tertiary/aromatic N) is 2. The lowest BCUT2D eigenvalue weighted by Gasteiger charge is -2.04. The Kier molecular flexibility index (Phi) is 3.76. The third kappa shape index (κ3) is 2.89. The number of thiazole rings is 1. The van der Waals surface area contributed by atoms with Crippen molar-refractivity contribution in [3.8, 4) is 10.6 Å². The van der Waals surface area contributed by atoms with Crippen molar-refractivity contribution in [3.05, 3.63) is 77.9 Å². The molecule has 0 radical (unpaired) electrons. The summed E-state index contributed by atoms with van der Waals surface area (Å²) in [5, 5.41) is 4.71. The summed E-state index contributed by atoms with van der Waals surface area (Å²) in [5.41, 5.74) is 2.59. The zero-order chi connectivity index (χ0) is 16.4. The molecule has 1 N–H and O–H groups in total. The number of anilines is 1. The molecule has 0 bridgehead atoms. The van der Waals surface area contributed by atoms with Crippen molar-refractivity contribution in [2.45, 2.75) is 0 Å². The zero-order valence-corrected chi connectivity index (χ0v) is 13.5. The number of aromatic nitrogens is 2. The van der Waals surface area contributed by atoms with E-state index in [0.717, 1.165) is 21.5 Å². The lowest BCUT2D eigenvalue weighted by Crippen LogP contribution is -2.10. The number of para-hydroxylation sites is 1. The Morgan fingerprint density at radius 2 is 1.71 bits per heavy atom. The molecule has 2 aromatic carbocycles. The number of nitrogens with one attached hydrogen (secondary N) is 1. The number of rotatable bonds is 3. The van der Waals surface area contributed by atoms with E-state index in [4.69, 9.17) is 0 Å². The van der Waals surface area contributed by atoms with Crippen LogP contribution in [0.3, 0.4) is 0 Å². The third-order valence-electron chi connectivity index (χ3n) is 3.60. The minimum absolute atomic E-state index is 0.174. The average molecular weight is 331 g/mol. The maximum atomic E-state index is 12.4. The predicted octanol–water partition coefficient (Wildman–Crippen LogP) is 4.61. The molecular formula is C19H13N3OS. The molecule has 2 aromatic heterocycles. The van der Waals surface area contributed by atoms with Crippen LogP contribution < -0.4 is 5.32 Å². The topological polar surface area (TPSA) is 54.9 Å². The van der Waals surface area contributed by atoms with E-state index in [1.165, 1.54) is 11.3 Å². The van der Waals surface area contributed by atoms with E-state index in [9.17, 15) is 4.79 Å². The third-order valence-corrected chi connectivity index (χ3v) is 4.64. The van der Waals surface area contributed by atoms with Crippen LogP contribution >= 0.6 is 11.3 Å². The van der Waals surface area contributed by atoms with Gasteiger partial charge in [0, 0.05) is 10.9 Å². The summed E-state index contributed by atoms with van der Waals surface area (Å²) in [6, 6.07) is 19.5. The van der Waals surface area contributed by atoms with E-state index < -0.39 is 0 Å². The summed E-state index contributed by atoms with van der Waals surface area (Å²) in [5.74, 6) is -0.174. The molecule has 5 heteroatoms. The number of carbonyl (C=O) groups excluding carboxylic acids is 1. The Bertz CT molecular complexity index is 1010. The summed E-state index contributed by atoms with van der Waals surface area (Å²) >= 11 is 1.37. The Balaban J connectivity index is 1.56. The highest BCUT2D eigenvalue weighted by atomic mass is 32.1. The summed E-state index contributed by atoms with van der Waals surface area (Å²) in [4.78, 5) is 21.7. The van der Waals surface area contributed by atoms with Gasteiger partial charge in [-0.15, -0.1) is 11.3 Å². The second-order valence-corrected chi connectivity index (χ2v) is 6.30. The van der Waals surface area contributed by atoms with Crippen molar-refractivity contribution in [1.29, 1.82) is 0 Å². The first kappa shape index (κ1) is 14.5. The van der Waals surface area contributed by atoms with Gasteiger partial charge in [-0.05, 0) is 12.1 Å². The first-order valence-electron chi connectivity index (χ1n) is 7.47. The quantitative estimate of drug-likeness (QED) is 0.596. The highest BCUT2D eigenvalue weighted by Gasteiger charge is 2.12. The lowest BCUT2D eigenvalue weighted by molar-refractivity contribution is 0.103. The molecule has 4 aromatic rings. The molecule has 0 aliphatic carbocycles. The molecule has 0 saturated heterocycles. The van der Waals surface area contributed by atoms with Gasteiger partial charge in [-0.3, -0.25) is 9.78 Å². The van der Waals surface area contributed by atoms with E-state index in [1.807, 2.05) is 60.7 Å². The van der Waals surface area contributed by atoms with E-state index >= 15 is 0 Å². The number of pyridine rings is 1. The van der Waals surface area contributed by atoms with Gasteiger partial charge in [0.1, 0.15) is 9.88 Å². The van der Waals surface area contributed by atoms with Crippen molar-refractivity contribution in [1.82, 2.24) is 9.97 Å². The van der Waals surface area contributed by atoms with Gasteiger partial charge in [0.15, 0.2) is 0 Å². The fraction of sp³-hybridized carbons (Fsp3) is 0. The van der Waals surface area contributed by atoms with Crippen LogP contribution in [0.5, 0.6) is 0 Å². The molecule has 4 nitrogen and oxygen atoms in total. The van der Waals surface area contributed by atoms with Crippen LogP contribution in [0.15, 0.2) is 73.1 Å². The second-order valence-electron chi connectivity index (χ2n) is 5.27. The van der Waals surface area contributed by atoms with Crippen LogP contribution in [0.2, 0.25) is 0 Å². The molecule has 2 heterocycles. The van der Waals surface area contributed by atoms with Crippen molar-refractivity contribution in [3.63, 3.8) is 0 Å². The van der Waals surface area contributed by atoms with Crippen LogP contribution in [0.25, 0.3) is 21.5 Å².